The van der Waals surface area contributed by atoms with Gasteiger partial charge in [0.2, 0.25) is 0 Å². The molecule has 19 heavy (non-hydrogen) atoms. The van der Waals surface area contributed by atoms with Crippen LogP contribution in [0.25, 0.3) is 21.8 Å². The number of hydrogen-bond donors (Lipinski definition) is 1. The van der Waals surface area contributed by atoms with Crippen LogP contribution in [-0.2, 0) is 0 Å². The molecule has 0 fully saturated rings. The molecule has 0 saturated heterocycles. The molecular weight excluding hydrogens is 240 g/mol. The molecule has 0 amide bonds. The van der Waals surface area contributed by atoms with E-state index in [1.807, 2.05) is 42.7 Å². The summed E-state index contributed by atoms with van der Waals surface area (Å²) in [5.41, 5.74) is 7.67. The fraction of sp³-hybridized carbons (Fsp3) is 0. The highest BCUT2D eigenvalue weighted by molar-refractivity contribution is 6.07. The first-order valence-electron chi connectivity index (χ1n) is 5.87. The van der Waals surface area contributed by atoms with Gasteiger partial charge in [0.1, 0.15) is 11.3 Å². The number of aromatic nitrogens is 5. The topological polar surface area (TPSA) is 74.5 Å². The van der Waals surface area contributed by atoms with Gasteiger partial charge in [-0.05, 0) is 12.1 Å². The van der Waals surface area contributed by atoms with Crippen molar-refractivity contribution < 1.29 is 0 Å². The van der Waals surface area contributed by atoms with E-state index in [1.54, 1.807) is 15.8 Å². The first kappa shape index (κ1) is 10.1. The summed E-state index contributed by atoms with van der Waals surface area (Å²) in [5, 5.41) is 10.5. The summed E-state index contributed by atoms with van der Waals surface area (Å²) in [4.78, 5) is 7.67. The molecule has 1 aromatic carbocycles. The van der Waals surface area contributed by atoms with Gasteiger partial charge in [0.15, 0.2) is 0 Å². The molecule has 0 aliphatic carbocycles. The van der Waals surface area contributed by atoms with Crippen LogP contribution in [0.2, 0.25) is 0 Å². The monoisotopic (exact) mass is 250 g/mol. The van der Waals surface area contributed by atoms with E-state index < -0.39 is 0 Å². The quantitative estimate of drug-likeness (QED) is 0.557. The molecule has 0 saturated carbocycles. The number of hydrogen-bond acceptors (Lipinski definition) is 4. The van der Waals surface area contributed by atoms with Crippen molar-refractivity contribution in [1.82, 2.24) is 24.8 Å². The second kappa shape index (κ2) is 3.55. The fourth-order valence-corrected chi connectivity index (χ4v) is 2.20. The number of fused-ring (bicyclic) bond motifs is 3. The molecule has 0 radical (unpaired) electrons. The molecule has 92 valence electrons. The zero-order valence-corrected chi connectivity index (χ0v) is 9.93. The van der Waals surface area contributed by atoms with Crippen LogP contribution in [0.5, 0.6) is 0 Å². The molecule has 0 unspecified atom stereocenters. The van der Waals surface area contributed by atoms with Crippen LogP contribution >= 0.6 is 0 Å². The maximum atomic E-state index is 5.99. The summed E-state index contributed by atoms with van der Waals surface area (Å²) in [5.74, 6) is 0.479. The maximum absolute atomic E-state index is 5.99. The Morgan fingerprint density at radius 3 is 2.74 bits per heavy atom. The van der Waals surface area contributed by atoms with Crippen LogP contribution in [0.3, 0.4) is 0 Å². The van der Waals surface area contributed by atoms with Crippen LogP contribution in [0.1, 0.15) is 0 Å². The van der Waals surface area contributed by atoms with Crippen molar-refractivity contribution in [3.05, 3.63) is 48.9 Å². The third-order valence-electron chi connectivity index (χ3n) is 3.08. The van der Waals surface area contributed by atoms with Gasteiger partial charge in [0.05, 0.1) is 29.5 Å². The summed E-state index contributed by atoms with van der Waals surface area (Å²) in [7, 11) is 0. The Bertz CT molecular complexity index is 875. The van der Waals surface area contributed by atoms with E-state index in [4.69, 9.17) is 5.73 Å². The van der Waals surface area contributed by atoms with Crippen molar-refractivity contribution >= 4 is 27.6 Å². The van der Waals surface area contributed by atoms with Gasteiger partial charge in [-0.25, -0.2) is 4.98 Å². The number of benzene rings is 1. The van der Waals surface area contributed by atoms with E-state index in [0.717, 1.165) is 21.8 Å². The van der Waals surface area contributed by atoms with Gasteiger partial charge in [-0.3, -0.25) is 0 Å². The number of nitrogens with two attached hydrogens (primary N) is 1. The smallest absolute Gasteiger partial charge is 0.135 e. The highest BCUT2D eigenvalue weighted by Crippen LogP contribution is 2.26. The number of para-hydroxylation sites is 1. The first-order valence-corrected chi connectivity index (χ1v) is 5.87. The number of anilines is 1. The third kappa shape index (κ3) is 1.40. The molecule has 4 rings (SSSR count). The number of rotatable bonds is 1. The summed E-state index contributed by atoms with van der Waals surface area (Å²) in [6.07, 6.45) is 5.35. The summed E-state index contributed by atoms with van der Waals surface area (Å²) < 4.78 is 0. The van der Waals surface area contributed by atoms with Crippen molar-refractivity contribution in [2.24, 2.45) is 0 Å². The standard InChI is InChI=1S/C13H10N6/c14-13-10-8-19(18-7-3-6-15-18)17-12(10)9-4-1-2-5-11(9)16-13/h1-8H,(H2,14,16). The molecule has 2 N–H and O–H groups in total. The highest BCUT2D eigenvalue weighted by Gasteiger charge is 2.10. The van der Waals surface area contributed by atoms with Gasteiger partial charge in [-0.15, -0.1) is 5.10 Å². The van der Waals surface area contributed by atoms with Crippen LogP contribution in [-0.4, -0.2) is 24.8 Å². The minimum Gasteiger partial charge on any atom is -0.383 e. The van der Waals surface area contributed by atoms with E-state index >= 15 is 0 Å². The first-order chi connectivity index (χ1) is 9.33. The number of nitrogen functional groups attached to an aromatic ring is 1. The molecule has 0 atom stereocenters. The van der Waals surface area contributed by atoms with Gasteiger partial charge in [0, 0.05) is 5.39 Å². The lowest BCUT2D eigenvalue weighted by molar-refractivity contribution is 0.513. The lowest BCUT2D eigenvalue weighted by Gasteiger charge is -1.99. The van der Waals surface area contributed by atoms with Gasteiger partial charge < -0.3 is 5.73 Å². The van der Waals surface area contributed by atoms with Crippen molar-refractivity contribution in [1.29, 1.82) is 0 Å². The Hall–Kier alpha value is -2.89. The van der Waals surface area contributed by atoms with Crippen LogP contribution < -0.4 is 5.73 Å². The van der Waals surface area contributed by atoms with Crippen LogP contribution in [0.4, 0.5) is 5.82 Å². The lowest BCUT2D eigenvalue weighted by atomic mass is 10.1. The molecule has 3 heterocycles. The van der Waals surface area contributed by atoms with Crippen LogP contribution in [0.15, 0.2) is 48.9 Å². The Balaban J connectivity index is 2.12. The molecular formula is C13H10N6. The molecule has 0 spiro atoms. The molecule has 3 aromatic heterocycles. The zero-order valence-electron chi connectivity index (χ0n) is 9.93. The maximum Gasteiger partial charge on any atom is 0.135 e. The minimum absolute atomic E-state index is 0.479. The Labute approximate surface area is 108 Å². The number of pyridine rings is 1. The summed E-state index contributed by atoms with van der Waals surface area (Å²) >= 11 is 0. The lowest BCUT2D eigenvalue weighted by Crippen LogP contribution is -2.09. The average Bonchev–Trinajstić information content (AvgIpc) is 3.08. The van der Waals surface area contributed by atoms with E-state index in [0.29, 0.717) is 5.82 Å². The Morgan fingerprint density at radius 2 is 1.89 bits per heavy atom. The van der Waals surface area contributed by atoms with Crippen molar-refractivity contribution in [2.45, 2.75) is 0 Å². The normalized spacial score (nSPS) is 11.4. The predicted molar refractivity (Wildman–Crippen MR) is 72.5 cm³/mol. The van der Waals surface area contributed by atoms with Crippen molar-refractivity contribution in [3.8, 4) is 0 Å². The third-order valence-corrected chi connectivity index (χ3v) is 3.08. The van der Waals surface area contributed by atoms with Gasteiger partial charge >= 0.3 is 0 Å². The Morgan fingerprint density at radius 1 is 1.00 bits per heavy atom. The molecule has 0 aliphatic rings. The Kier molecular flexibility index (Phi) is 1.88. The van der Waals surface area contributed by atoms with E-state index in [2.05, 4.69) is 15.2 Å². The summed E-state index contributed by atoms with van der Waals surface area (Å²) in [6.45, 7) is 0. The predicted octanol–water partition coefficient (Wildman–Crippen LogP) is 1.67. The molecule has 6 heteroatoms. The SMILES string of the molecule is Nc1nc2ccccc2c2nn(-n3cccn3)cc12. The van der Waals surface area contributed by atoms with E-state index in [9.17, 15) is 0 Å². The molecule has 6 nitrogen and oxygen atoms in total. The van der Waals surface area contributed by atoms with E-state index in [1.165, 1.54) is 0 Å². The summed E-state index contributed by atoms with van der Waals surface area (Å²) in [6, 6.07) is 9.66. The number of nitrogens with zero attached hydrogens (tertiary/aromatic N) is 5. The molecule has 4 aromatic rings. The van der Waals surface area contributed by atoms with Gasteiger partial charge in [-0.2, -0.15) is 14.7 Å². The van der Waals surface area contributed by atoms with Gasteiger partial charge in [-0.1, -0.05) is 18.2 Å². The molecule has 0 aliphatic heterocycles. The second-order valence-electron chi connectivity index (χ2n) is 4.25. The largest absolute Gasteiger partial charge is 0.383 e. The zero-order chi connectivity index (χ0) is 12.8. The average molecular weight is 250 g/mol. The van der Waals surface area contributed by atoms with E-state index in [-0.39, 0.29) is 0 Å². The fourth-order valence-electron chi connectivity index (χ4n) is 2.20. The minimum atomic E-state index is 0.479. The van der Waals surface area contributed by atoms with Crippen LogP contribution in [0, 0.1) is 0 Å². The van der Waals surface area contributed by atoms with Crippen molar-refractivity contribution in [3.63, 3.8) is 0 Å². The second-order valence-corrected chi connectivity index (χ2v) is 4.25. The molecule has 0 bridgehead atoms. The highest BCUT2D eigenvalue weighted by atomic mass is 15.7. The van der Waals surface area contributed by atoms with Crippen molar-refractivity contribution in [2.75, 3.05) is 5.73 Å². The van der Waals surface area contributed by atoms with Gasteiger partial charge in [0.25, 0.3) is 0 Å².